The number of nitro benzene ring substituents is 1. The Kier molecular flexibility index (Phi) is 5.17. The summed E-state index contributed by atoms with van der Waals surface area (Å²) in [5.74, 6) is 0. The van der Waals surface area contributed by atoms with Gasteiger partial charge in [0.25, 0.3) is 5.69 Å². The molecular formula is C18H24N2O5. The maximum Gasteiger partial charge on any atom is 0.413 e. The molecule has 1 aliphatic heterocycles. The molecular weight excluding hydrogens is 324 g/mol. The molecule has 7 nitrogen and oxygen atoms in total. The van der Waals surface area contributed by atoms with Crippen LogP contribution in [0.3, 0.4) is 0 Å². The van der Waals surface area contributed by atoms with Crippen molar-refractivity contribution in [3.05, 3.63) is 46.0 Å². The van der Waals surface area contributed by atoms with Crippen LogP contribution in [-0.4, -0.2) is 39.9 Å². The van der Waals surface area contributed by atoms with Crippen molar-refractivity contribution in [1.29, 1.82) is 0 Å². The number of carbonyl (C=O) groups is 1. The third-order valence-corrected chi connectivity index (χ3v) is 3.72. The third kappa shape index (κ3) is 4.79. The first-order chi connectivity index (χ1) is 11.5. The van der Waals surface area contributed by atoms with Gasteiger partial charge in [0.15, 0.2) is 0 Å². The maximum absolute atomic E-state index is 12.5. The summed E-state index contributed by atoms with van der Waals surface area (Å²) in [7, 11) is 0. The van der Waals surface area contributed by atoms with Crippen molar-refractivity contribution in [2.75, 3.05) is 6.61 Å². The Morgan fingerprint density at radius 3 is 2.48 bits per heavy atom. The fourth-order valence-corrected chi connectivity index (χ4v) is 2.57. The van der Waals surface area contributed by atoms with Crippen LogP contribution in [0.25, 0.3) is 6.08 Å². The highest BCUT2D eigenvalue weighted by Crippen LogP contribution is 2.30. The van der Waals surface area contributed by atoms with E-state index in [9.17, 15) is 14.9 Å². The first-order valence-corrected chi connectivity index (χ1v) is 8.08. The number of nitro groups is 1. The molecule has 1 aliphatic rings. The van der Waals surface area contributed by atoms with Gasteiger partial charge in [-0.25, -0.2) is 4.79 Å². The first kappa shape index (κ1) is 18.9. The highest BCUT2D eigenvalue weighted by Gasteiger charge is 2.44. The summed E-state index contributed by atoms with van der Waals surface area (Å²) in [6.45, 7) is 9.44. The number of non-ortho nitro benzene ring substituents is 1. The topological polar surface area (TPSA) is 81.9 Å². The van der Waals surface area contributed by atoms with Crippen molar-refractivity contribution in [2.24, 2.45) is 0 Å². The number of amides is 1. The lowest BCUT2D eigenvalue weighted by Crippen LogP contribution is -2.49. The van der Waals surface area contributed by atoms with E-state index in [4.69, 9.17) is 9.47 Å². The zero-order valence-electron chi connectivity index (χ0n) is 15.2. The maximum atomic E-state index is 12.5. The van der Waals surface area contributed by atoms with Crippen molar-refractivity contribution < 1.29 is 19.2 Å². The molecule has 0 saturated carbocycles. The fourth-order valence-electron chi connectivity index (χ4n) is 2.57. The Morgan fingerprint density at radius 2 is 1.96 bits per heavy atom. The van der Waals surface area contributed by atoms with E-state index in [1.54, 1.807) is 17.0 Å². The van der Waals surface area contributed by atoms with E-state index in [1.165, 1.54) is 12.1 Å². The summed E-state index contributed by atoms with van der Waals surface area (Å²) >= 11 is 0. The van der Waals surface area contributed by atoms with Gasteiger partial charge in [-0.2, -0.15) is 0 Å². The van der Waals surface area contributed by atoms with Crippen LogP contribution in [-0.2, 0) is 9.47 Å². The summed E-state index contributed by atoms with van der Waals surface area (Å²) in [6.07, 6.45) is 3.23. The van der Waals surface area contributed by atoms with Gasteiger partial charge in [-0.05, 0) is 52.3 Å². The molecule has 1 amide bonds. The van der Waals surface area contributed by atoms with Gasteiger partial charge in [0, 0.05) is 12.1 Å². The zero-order valence-corrected chi connectivity index (χ0v) is 15.2. The molecule has 1 fully saturated rings. The van der Waals surface area contributed by atoms with Gasteiger partial charge in [0.05, 0.1) is 17.6 Å². The summed E-state index contributed by atoms with van der Waals surface area (Å²) in [4.78, 5) is 24.4. The van der Waals surface area contributed by atoms with Crippen molar-refractivity contribution in [3.63, 3.8) is 0 Å². The van der Waals surface area contributed by atoms with Crippen LogP contribution < -0.4 is 0 Å². The van der Waals surface area contributed by atoms with Crippen molar-refractivity contribution in [1.82, 2.24) is 4.90 Å². The fraction of sp³-hybridized carbons (Fsp3) is 0.500. The summed E-state index contributed by atoms with van der Waals surface area (Å²) < 4.78 is 11.2. The predicted octanol–water partition coefficient (Wildman–Crippen LogP) is 3.98. The lowest BCUT2D eigenvalue weighted by Gasteiger charge is -2.34. The number of hydrogen-bond acceptors (Lipinski definition) is 5. The van der Waals surface area contributed by atoms with Gasteiger partial charge >= 0.3 is 6.09 Å². The smallest absolute Gasteiger partial charge is 0.413 e. The molecule has 0 spiro atoms. The number of rotatable bonds is 3. The monoisotopic (exact) mass is 348 g/mol. The molecule has 1 heterocycles. The Morgan fingerprint density at radius 1 is 1.36 bits per heavy atom. The molecule has 0 aliphatic carbocycles. The number of ether oxygens (including phenoxy) is 2. The Labute approximate surface area is 147 Å². The minimum Gasteiger partial charge on any atom is -0.444 e. The molecule has 1 saturated heterocycles. The molecule has 25 heavy (non-hydrogen) atoms. The molecule has 0 radical (unpaired) electrons. The Hall–Kier alpha value is -2.41. The van der Waals surface area contributed by atoms with Crippen molar-refractivity contribution >= 4 is 17.9 Å². The van der Waals surface area contributed by atoms with Crippen molar-refractivity contribution in [2.45, 2.75) is 52.0 Å². The largest absolute Gasteiger partial charge is 0.444 e. The molecule has 0 N–H and O–H groups in total. The van der Waals surface area contributed by atoms with Crippen molar-refractivity contribution in [3.8, 4) is 0 Å². The van der Waals surface area contributed by atoms with Gasteiger partial charge in [-0.3, -0.25) is 15.0 Å². The van der Waals surface area contributed by atoms with Crippen LogP contribution in [0, 0.1) is 10.1 Å². The van der Waals surface area contributed by atoms with Gasteiger partial charge < -0.3 is 9.47 Å². The second-order valence-corrected chi connectivity index (χ2v) is 7.38. The van der Waals surface area contributed by atoms with Crippen LogP contribution in [0.4, 0.5) is 10.5 Å². The minimum atomic E-state index is -0.771. The summed E-state index contributed by atoms with van der Waals surface area (Å²) in [5, 5.41) is 10.7. The predicted molar refractivity (Wildman–Crippen MR) is 94.0 cm³/mol. The molecule has 0 unspecified atom stereocenters. The van der Waals surface area contributed by atoms with E-state index in [0.29, 0.717) is 6.61 Å². The Bertz CT molecular complexity index is 674. The standard InChI is InChI=1S/C18H24N2O5/c1-17(2,3)25-16(21)19-15(12-24-18(19,4)5)11-8-13-6-9-14(10-7-13)20(22)23/h6-11,15H,12H2,1-5H3/t15-/m0/s1. The van der Waals surface area contributed by atoms with E-state index in [1.807, 2.05) is 46.8 Å². The highest BCUT2D eigenvalue weighted by atomic mass is 16.6. The molecule has 0 aromatic heterocycles. The summed E-state index contributed by atoms with van der Waals surface area (Å²) in [6, 6.07) is 5.93. The van der Waals surface area contributed by atoms with Crippen LogP contribution >= 0.6 is 0 Å². The van der Waals surface area contributed by atoms with Crippen LogP contribution in [0.1, 0.15) is 40.2 Å². The second kappa shape index (κ2) is 6.84. The van der Waals surface area contributed by atoms with Gasteiger partial charge in [-0.15, -0.1) is 0 Å². The number of benzene rings is 1. The van der Waals surface area contributed by atoms with Crippen LogP contribution in [0.2, 0.25) is 0 Å². The van der Waals surface area contributed by atoms with Crippen LogP contribution in [0.5, 0.6) is 0 Å². The highest BCUT2D eigenvalue weighted by molar-refractivity contribution is 5.70. The third-order valence-electron chi connectivity index (χ3n) is 3.72. The van der Waals surface area contributed by atoms with E-state index in [0.717, 1.165) is 5.56 Å². The number of hydrogen-bond donors (Lipinski definition) is 0. The molecule has 1 aromatic carbocycles. The number of nitrogens with zero attached hydrogens (tertiary/aromatic N) is 2. The molecule has 7 heteroatoms. The van der Waals surface area contributed by atoms with Gasteiger partial charge in [-0.1, -0.05) is 12.2 Å². The van der Waals surface area contributed by atoms with E-state index in [-0.39, 0.29) is 11.7 Å². The Balaban J connectivity index is 2.16. The normalized spacial score (nSPS) is 20.0. The lowest BCUT2D eigenvalue weighted by molar-refractivity contribution is -0.384. The van der Waals surface area contributed by atoms with E-state index in [2.05, 4.69) is 0 Å². The minimum absolute atomic E-state index is 0.0397. The SMILES string of the molecule is CC(C)(C)OC(=O)N1[C@@H](C=Cc2ccc([N+](=O)[O-])cc2)COC1(C)C. The zero-order chi connectivity index (χ0) is 18.8. The van der Waals surface area contributed by atoms with E-state index >= 15 is 0 Å². The molecule has 136 valence electrons. The lowest BCUT2D eigenvalue weighted by atomic mass is 10.1. The molecule has 1 atom stereocenters. The quantitative estimate of drug-likeness (QED) is 0.609. The van der Waals surface area contributed by atoms with Gasteiger partial charge in [0.1, 0.15) is 11.3 Å². The second-order valence-electron chi connectivity index (χ2n) is 7.38. The summed E-state index contributed by atoms with van der Waals surface area (Å²) in [5.41, 5.74) is -0.521. The first-order valence-electron chi connectivity index (χ1n) is 8.08. The molecule has 0 bridgehead atoms. The molecule has 2 rings (SSSR count). The average molecular weight is 348 g/mol. The van der Waals surface area contributed by atoms with Crippen LogP contribution in [0.15, 0.2) is 30.3 Å². The van der Waals surface area contributed by atoms with Gasteiger partial charge in [0.2, 0.25) is 0 Å². The molecule has 1 aromatic rings. The van der Waals surface area contributed by atoms with E-state index < -0.39 is 22.3 Å². The average Bonchev–Trinajstić information content (AvgIpc) is 2.78. The number of carbonyl (C=O) groups excluding carboxylic acids is 1.